The van der Waals surface area contributed by atoms with Crippen molar-refractivity contribution in [1.82, 2.24) is 10.0 Å². The molecular weight excluding hydrogens is 477 g/mol. The zero-order valence-electron chi connectivity index (χ0n) is 16.5. The Kier molecular flexibility index (Phi) is 7.05. The third-order valence-corrected chi connectivity index (χ3v) is 8.32. The Bertz CT molecular complexity index is 1140. The molecule has 10 heteroatoms. The zero-order chi connectivity index (χ0) is 21.8. The summed E-state index contributed by atoms with van der Waals surface area (Å²) in [7, 11) is -3.73. The highest BCUT2D eigenvalue weighted by Crippen LogP contribution is 2.40. The Morgan fingerprint density at radius 2 is 1.81 bits per heavy atom. The fourth-order valence-corrected chi connectivity index (χ4v) is 5.95. The Labute approximate surface area is 195 Å². The first-order chi connectivity index (χ1) is 14.9. The predicted octanol–water partition coefficient (Wildman–Crippen LogP) is 4.74. The van der Waals surface area contributed by atoms with Crippen molar-refractivity contribution in [3.8, 4) is 10.8 Å². The fourth-order valence-electron chi connectivity index (χ4n) is 3.16. The van der Waals surface area contributed by atoms with E-state index in [0.29, 0.717) is 15.8 Å². The van der Waals surface area contributed by atoms with Crippen LogP contribution in [0.1, 0.15) is 5.56 Å². The summed E-state index contributed by atoms with van der Waals surface area (Å²) >= 11 is 13.1. The normalized spacial score (nSPS) is 14.6. The number of ether oxygens (including phenoxy) is 1. The summed E-state index contributed by atoms with van der Waals surface area (Å²) in [6, 6.07) is 16.1. The average Bonchev–Trinajstić information content (AvgIpc) is 3.15. The lowest BCUT2D eigenvalue weighted by Crippen LogP contribution is -2.43. The number of nitrogens with one attached hydrogen (secondary N) is 2. The molecule has 2 aromatic carbocycles. The van der Waals surface area contributed by atoms with Gasteiger partial charge in [0.15, 0.2) is 0 Å². The lowest BCUT2D eigenvalue weighted by atomic mass is 10.2. The maximum Gasteiger partial charge on any atom is 0.250 e. The summed E-state index contributed by atoms with van der Waals surface area (Å²) < 4.78 is 34.0. The molecule has 0 aliphatic carbocycles. The predicted molar refractivity (Wildman–Crippen MR) is 126 cm³/mol. The fraction of sp³-hybridized carbons (Fsp3) is 0.238. The van der Waals surface area contributed by atoms with E-state index in [9.17, 15) is 8.42 Å². The van der Waals surface area contributed by atoms with Gasteiger partial charge in [0, 0.05) is 49.5 Å². The van der Waals surface area contributed by atoms with Crippen LogP contribution < -0.4 is 19.7 Å². The highest BCUT2D eigenvalue weighted by Gasteiger charge is 2.21. The molecule has 0 bridgehead atoms. The second-order valence-electron chi connectivity index (χ2n) is 6.99. The standard InChI is InChI=1S/C21H21Cl2N3O3S2/c22-16-6-4-15(5-7-16)14-25-31(27,28)20-13-19(23)21(30-20)29-18-3-1-2-17(12-18)26-10-8-24-9-11-26/h1-7,12-13,24-25H,8-11,14H2. The van der Waals surface area contributed by atoms with Gasteiger partial charge < -0.3 is 15.0 Å². The van der Waals surface area contributed by atoms with E-state index in [1.54, 1.807) is 24.3 Å². The molecule has 0 amide bonds. The number of sulfonamides is 1. The molecule has 1 aliphatic heterocycles. The highest BCUT2D eigenvalue weighted by atomic mass is 35.5. The molecule has 1 aromatic heterocycles. The van der Waals surface area contributed by atoms with E-state index in [-0.39, 0.29) is 15.8 Å². The molecule has 31 heavy (non-hydrogen) atoms. The van der Waals surface area contributed by atoms with E-state index in [4.69, 9.17) is 27.9 Å². The van der Waals surface area contributed by atoms with Crippen molar-refractivity contribution in [3.05, 3.63) is 70.2 Å². The number of thiophene rings is 1. The lowest BCUT2D eigenvalue weighted by molar-refractivity contribution is 0.496. The molecule has 2 heterocycles. The number of anilines is 1. The van der Waals surface area contributed by atoms with Crippen LogP contribution in [0.2, 0.25) is 10.0 Å². The molecule has 0 atom stereocenters. The van der Waals surface area contributed by atoms with Gasteiger partial charge in [-0.3, -0.25) is 0 Å². The van der Waals surface area contributed by atoms with Crippen LogP contribution in [0, 0.1) is 0 Å². The maximum absolute atomic E-state index is 12.7. The molecule has 0 unspecified atom stereocenters. The van der Waals surface area contributed by atoms with Gasteiger partial charge in [0.25, 0.3) is 10.0 Å². The van der Waals surface area contributed by atoms with Crippen molar-refractivity contribution in [2.45, 2.75) is 10.8 Å². The monoisotopic (exact) mass is 497 g/mol. The van der Waals surface area contributed by atoms with Crippen molar-refractivity contribution in [2.75, 3.05) is 31.1 Å². The van der Waals surface area contributed by atoms with Gasteiger partial charge in [0.1, 0.15) is 9.96 Å². The summed E-state index contributed by atoms with van der Waals surface area (Å²) in [6.45, 7) is 3.87. The minimum atomic E-state index is -3.73. The van der Waals surface area contributed by atoms with E-state index >= 15 is 0 Å². The molecule has 0 saturated carbocycles. The molecule has 0 radical (unpaired) electrons. The van der Waals surface area contributed by atoms with E-state index in [2.05, 4.69) is 14.9 Å². The number of benzene rings is 2. The Morgan fingerprint density at radius 3 is 2.55 bits per heavy atom. The van der Waals surface area contributed by atoms with Crippen molar-refractivity contribution < 1.29 is 13.2 Å². The van der Waals surface area contributed by atoms with E-state index in [0.717, 1.165) is 48.8 Å². The minimum absolute atomic E-state index is 0.0970. The van der Waals surface area contributed by atoms with Gasteiger partial charge in [-0.25, -0.2) is 13.1 Å². The van der Waals surface area contributed by atoms with Crippen LogP contribution in [0.3, 0.4) is 0 Å². The smallest absolute Gasteiger partial charge is 0.250 e. The molecular formula is C21H21Cl2N3O3S2. The van der Waals surface area contributed by atoms with Gasteiger partial charge in [0.05, 0.1) is 5.02 Å². The Balaban J connectivity index is 1.46. The van der Waals surface area contributed by atoms with E-state index in [1.807, 2.05) is 24.3 Å². The van der Waals surface area contributed by atoms with Gasteiger partial charge in [0.2, 0.25) is 5.06 Å². The molecule has 2 N–H and O–H groups in total. The minimum Gasteiger partial charge on any atom is -0.445 e. The van der Waals surface area contributed by atoms with Crippen molar-refractivity contribution >= 4 is 50.2 Å². The summed E-state index contributed by atoms with van der Waals surface area (Å²) in [5.41, 5.74) is 1.86. The summed E-state index contributed by atoms with van der Waals surface area (Å²) in [4.78, 5) is 2.27. The van der Waals surface area contributed by atoms with Gasteiger partial charge >= 0.3 is 0 Å². The third kappa shape index (κ3) is 5.71. The number of nitrogens with zero attached hydrogens (tertiary/aromatic N) is 1. The quantitative estimate of drug-likeness (QED) is 0.493. The topological polar surface area (TPSA) is 70.7 Å². The van der Waals surface area contributed by atoms with E-state index < -0.39 is 10.0 Å². The van der Waals surface area contributed by atoms with E-state index in [1.165, 1.54) is 6.07 Å². The molecule has 1 fully saturated rings. The van der Waals surface area contributed by atoms with Crippen LogP contribution in [0.15, 0.2) is 58.8 Å². The summed E-state index contributed by atoms with van der Waals surface area (Å²) in [6.07, 6.45) is 0. The van der Waals surface area contributed by atoms with Crippen LogP contribution in [0.5, 0.6) is 10.8 Å². The summed E-state index contributed by atoms with van der Waals surface area (Å²) in [5.74, 6) is 0.609. The molecule has 164 valence electrons. The van der Waals surface area contributed by atoms with Crippen LogP contribution in [-0.2, 0) is 16.6 Å². The maximum atomic E-state index is 12.7. The first-order valence-electron chi connectivity index (χ1n) is 9.68. The average molecular weight is 498 g/mol. The third-order valence-electron chi connectivity index (χ3n) is 4.79. The lowest BCUT2D eigenvalue weighted by Gasteiger charge is -2.29. The Hall–Kier alpha value is -1.81. The molecule has 1 aliphatic rings. The number of hydrogen-bond acceptors (Lipinski definition) is 6. The molecule has 1 saturated heterocycles. The number of hydrogen-bond donors (Lipinski definition) is 2. The molecule has 3 aromatic rings. The van der Waals surface area contributed by atoms with Crippen molar-refractivity contribution in [3.63, 3.8) is 0 Å². The van der Waals surface area contributed by atoms with Gasteiger partial charge in [-0.15, -0.1) is 0 Å². The molecule has 4 rings (SSSR count). The van der Waals surface area contributed by atoms with Crippen LogP contribution in [0.25, 0.3) is 0 Å². The van der Waals surface area contributed by atoms with Gasteiger partial charge in [-0.2, -0.15) is 0 Å². The van der Waals surface area contributed by atoms with Crippen LogP contribution in [-0.4, -0.2) is 34.6 Å². The van der Waals surface area contributed by atoms with Crippen molar-refractivity contribution in [1.29, 1.82) is 0 Å². The first-order valence-corrected chi connectivity index (χ1v) is 12.7. The Morgan fingerprint density at radius 1 is 1.06 bits per heavy atom. The second-order valence-corrected chi connectivity index (χ2v) is 10.8. The number of piperazine rings is 1. The number of rotatable bonds is 7. The first kappa shape index (κ1) is 22.4. The second kappa shape index (κ2) is 9.77. The van der Waals surface area contributed by atoms with Crippen molar-refractivity contribution in [2.24, 2.45) is 0 Å². The van der Waals surface area contributed by atoms with Gasteiger partial charge in [-0.05, 0) is 35.9 Å². The molecule has 6 nitrogen and oxygen atoms in total. The van der Waals surface area contributed by atoms with Crippen LogP contribution in [0.4, 0.5) is 5.69 Å². The number of halogens is 2. The zero-order valence-corrected chi connectivity index (χ0v) is 19.6. The van der Waals surface area contributed by atoms with Crippen LogP contribution >= 0.6 is 34.5 Å². The SMILES string of the molecule is O=S(=O)(NCc1ccc(Cl)cc1)c1cc(Cl)c(Oc2cccc(N3CCNCC3)c2)s1. The summed E-state index contributed by atoms with van der Waals surface area (Å²) in [5, 5.41) is 4.52. The molecule has 0 spiro atoms. The largest absolute Gasteiger partial charge is 0.445 e. The highest BCUT2D eigenvalue weighted by molar-refractivity contribution is 7.91. The van der Waals surface area contributed by atoms with Gasteiger partial charge in [-0.1, -0.05) is 52.7 Å².